The first-order chi connectivity index (χ1) is 11.2. The molecule has 0 fully saturated rings. The van der Waals surface area contributed by atoms with Crippen molar-refractivity contribution in [3.8, 4) is 10.8 Å². The summed E-state index contributed by atoms with van der Waals surface area (Å²) in [6.07, 6.45) is 3.62. The van der Waals surface area contributed by atoms with E-state index in [4.69, 9.17) is 4.42 Å². The van der Waals surface area contributed by atoms with Gasteiger partial charge in [0.15, 0.2) is 10.8 Å². The van der Waals surface area contributed by atoms with Crippen LogP contribution in [-0.4, -0.2) is 17.4 Å². The van der Waals surface area contributed by atoms with Crippen molar-refractivity contribution < 1.29 is 9.21 Å². The lowest BCUT2D eigenvalue weighted by molar-refractivity contribution is 0.0980. The maximum absolute atomic E-state index is 13.0. The molecule has 0 atom stereocenters. The first-order valence-electron chi connectivity index (χ1n) is 7.65. The Morgan fingerprint density at radius 2 is 2.13 bits per heavy atom. The number of nitrogens with zero attached hydrogens (tertiary/aromatic N) is 2. The summed E-state index contributed by atoms with van der Waals surface area (Å²) in [6, 6.07) is 11.8. The van der Waals surface area contributed by atoms with Crippen LogP contribution in [0.3, 0.4) is 0 Å². The predicted octanol–water partition coefficient (Wildman–Crippen LogP) is 4.30. The van der Waals surface area contributed by atoms with E-state index in [1.165, 1.54) is 16.9 Å². The number of thiazole rings is 1. The van der Waals surface area contributed by atoms with Crippen LogP contribution < -0.4 is 4.90 Å². The van der Waals surface area contributed by atoms with Gasteiger partial charge in [0.25, 0.3) is 5.91 Å². The summed E-state index contributed by atoms with van der Waals surface area (Å²) in [5, 5.41) is 0.751. The third kappa shape index (κ3) is 2.47. The van der Waals surface area contributed by atoms with E-state index < -0.39 is 0 Å². The zero-order valence-electron chi connectivity index (χ0n) is 12.8. The number of aromatic nitrogens is 1. The molecule has 0 unspecified atom stereocenters. The number of para-hydroxylation sites is 1. The molecule has 1 amide bonds. The highest BCUT2D eigenvalue weighted by Gasteiger charge is 2.27. The molecule has 0 aliphatic carbocycles. The Balaban J connectivity index is 1.71. The zero-order valence-corrected chi connectivity index (χ0v) is 13.6. The maximum Gasteiger partial charge on any atom is 0.278 e. The molecule has 0 radical (unpaired) electrons. The number of carbonyl (C=O) groups is 1. The van der Waals surface area contributed by atoms with E-state index in [0.29, 0.717) is 11.5 Å². The molecule has 0 saturated carbocycles. The summed E-state index contributed by atoms with van der Waals surface area (Å²) in [6.45, 7) is 2.68. The normalized spacial score (nSPS) is 13.9. The van der Waals surface area contributed by atoms with Crippen molar-refractivity contribution in [1.29, 1.82) is 0 Å². The number of carbonyl (C=O) groups excluding carboxylic acids is 1. The molecule has 4 nitrogen and oxygen atoms in total. The lowest BCUT2D eigenvalue weighted by Crippen LogP contribution is -2.36. The standard InChI is InChI=1S/C18H16N2O2S/c1-12-16(19-17(23-12)15-9-5-11-22-15)18(21)20-10-4-7-13-6-2-3-8-14(13)20/h2-3,5-6,8-9,11H,4,7,10H2,1H3. The summed E-state index contributed by atoms with van der Waals surface area (Å²) < 4.78 is 5.39. The SMILES string of the molecule is Cc1sc(-c2ccco2)nc1C(=O)N1CCCc2ccccc21. The Labute approximate surface area is 138 Å². The number of anilines is 1. The Bertz CT molecular complexity index is 852. The second-order valence-electron chi connectivity index (χ2n) is 5.59. The fraction of sp³-hybridized carbons (Fsp3) is 0.222. The average molecular weight is 324 g/mol. The first-order valence-corrected chi connectivity index (χ1v) is 8.47. The van der Waals surface area contributed by atoms with E-state index in [0.717, 1.165) is 35.0 Å². The van der Waals surface area contributed by atoms with Gasteiger partial charge in [-0.2, -0.15) is 0 Å². The quantitative estimate of drug-likeness (QED) is 0.706. The molecule has 0 N–H and O–H groups in total. The van der Waals surface area contributed by atoms with Crippen molar-refractivity contribution in [2.75, 3.05) is 11.4 Å². The topological polar surface area (TPSA) is 46.3 Å². The van der Waals surface area contributed by atoms with Gasteiger partial charge in [-0.3, -0.25) is 4.79 Å². The number of hydrogen-bond donors (Lipinski definition) is 0. The highest BCUT2D eigenvalue weighted by Crippen LogP contribution is 2.32. The molecule has 116 valence electrons. The summed E-state index contributed by atoms with van der Waals surface area (Å²) in [5.41, 5.74) is 2.76. The van der Waals surface area contributed by atoms with E-state index in [2.05, 4.69) is 11.1 Å². The average Bonchev–Trinajstić information content (AvgIpc) is 3.23. The molecule has 0 spiro atoms. The van der Waals surface area contributed by atoms with Gasteiger partial charge in [-0.25, -0.2) is 4.98 Å². The highest BCUT2D eigenvalue weighted by atomic mass is 32.1. The van der Waals surface area contributed by atoms with Gasteiger partial charge in [-0.15, -0.1) is 11.3 Å². The summed E-state index contributed by atoms with van der Waals surface area (Å²) in [5.74, 6) is 0.680. The molecule has 23 heavy (non-hydrogen) atoms. The summed E-state index contributed by atoms with van der Waals surface area (Å²) in [4.78, 5) is 20.3. The molecule has 4 rings (SSSR count). The van der Waals surface area contributed by atoms with Gasteiger partial charge in [0.1, 0.15) is 5.69 Å². The minimum atomic E-state index is -0.0243. The van der Waals surface area contributed by atoms with Gasteiger partial charge >= 0.3 is 0 Å². The second kappa shape index (κ2) is 5.66. The van der Waals surface area contributed by atoms with Crippen LogP contribution in [-0.2, 0) is 6.42 Å². The molecular weight excluding hydrogens is 308 g/mol. The third-order valence-corrected chi connectivity index (χ3v) is 5.07. The number of aryl methyl sites for hydroxylation is 2. The molecule has 5 heteroatoms. The Morgan fingerprint density at radius 1 is 1.26 bits per heavy atom. The van der Waals surface area contributed by atoms with E-state index in [1.807, 2.05) is 42.2 Å². The van der Waals surface area contributed by atoms with Crippen LogP contribution >= 0.6 is 11.3 Å². The van der Waals surface area contributed by atoms with Crippen LogP contribution in [0.2, 0.25) is 0 Å². The highest BCUT2D eigenvalue weighted by molar-refractivity contribution is 7.15. The fourth-order valence-electron chi connectivity index (χ4n) is 2.97. The molecule has 2 aromatic heterocycles. The lowest BCUT2D eigenvalue weighted by Gasteiger charge is -2.29. The van der Waals surface area contributed by atoms with Crippen molar-refractivity contribution in [2.24, 2.45) is 0 Å². The molecule has 1 aromatic carbocycles. The molecular formula is C18H16N2O2S. The number of hydrogen-bond acceptors (Lipinski definition) is 4. The van der Waals surface area contributed by atoms with Crippen LogP contribution in [0.15, 0.2) is 47.1 Å². The fourth-order valence-corrected chi connectivity index (χ4v) is 3.85. The largest absolute Gasteiger partial charge is 0.462 e. The van der Waals surface area contributed by atoms with Crippen molar-refractivity contribution in [3.05, 3.63) is 58.8 Å². The number of furan rings is 1. The van der Waals surface area contributed by atoms with Crippen LogP contribution in [0.1, 0.15) is 27.3 Å². The molecule has 3 aromatic rings. The zero-order chi connectivity index (χ0) is 15.8. The molecule has 1 aliphatic rings. The second-order valence-corrected chi connectivity index (χ2v) is 6.79. The van der Waals surface area contributed by atoms with Crippen molar-refractivity contribution >= 4 is 22.9 Å². The molecule has 3 heterocycles. The number of rotatable bonds is 2. The van der Waals surface area contributed by atoms with Gasteiger partial charge in [0.2, 0.25) is 0 Å². The Morgan fingerprint density at radius 3 is 2.96 bits per heavy atom. The minimum Gasteiger partial charge on any atom is -0.462 e. The van der Waals surface area contributed by atoms with E-state index in [-0.39, 0.29) is 5.91 Å². The van der Waals surface area contributed by atoms with Crippen LogP contribution in [0, 0.1) is 6.92 Å². The van der Waals surface area contributed by atoms with Crippen molar-refractivity contribution in [3.63, 3.8) is 0 Å². The first kappa shape index (κ1) is 14.2. The lowest BCUT2D eigenvalue weighted by atomic mass is 10.0. The minimum absolute atomic E-state index is 0.0243. The Kier molecular flexibility index (Phi) is 3.50. The van der Waals surface area contributed by atoms with Gasteiger partial charge in [0, 0.05) is 17.1 Å². The van der Waals surface area contributed by atoms with Crippen LogP contribution in [0.5, 0.6) is 0 Å². The van der Waals surface area contributed by atoms with Crippen LogP contribution in [0.25, 0.3) is 10.8 Å². The van der Waals surface area contributed by atoms with Gasteiger partial charge in [0.05, 0.1) is 6.26 Å². The van der Waals surface area contributed by atoms with Gasteiger partial charge in [-0.1, -0.05) is 18.2 Å². The van der Waals surface area contributed by atoms with E-state index in [9.17, 15) is 4.79 Å². The van der Waals surface area contributed by atoms with Gasteiger partial charge < -0.3 is 9.32 Å². The predicted molar refractivity (Wildman–Crippen MR) is 91.0 cm³/mol. The van der Waals surface area contributed by atoms with Crippen molar-refractivity contribution in [2.45, 2.75) is 19.8 Å². The molecule has 0 bridgehead atoms. The summed E-state index contributed by atoms with van der Waals surface area (Å²) >= 11 is 1.49. The molecule has 1 aliphatic heterocycles. The number of amides is 1. The summed E-state index contributed by atoms with van der Waals surface area (Å²) in [7, 11) is 0. The number of benzene rings is 1. The maximum atomic E-state index is 13.0. The number of fused-ring (bicyclic) bond motifs is 1. The molecule has 0 saturated heterocycles. The smallest absolute Gasteiger partial charge is 0.278 e. The van der Waals surface area contributed by atoms with E-state index in [1.54, 1.807) is 6.26 Å². The van der Waals surface area contributed by atoms with Crippen LogP contribution in [0.4, 0.5) is 5.69 Å². The monoisotopic (exact) mass is 324 g/mol. The van der Waals surface area contributed by atoms with E-state index >= 15 is 0 Å². The third-order valence-electron chi connectivity index (χ3n) is 4.09. The Hall–Kier alpha value is -2.40. The van der Waals surface area contributed by atoms with Crippen molar-refractivity contribution in [1.82, 2.24) is 4.98 Å². The van der Waals surface area contributed by atoms with Gasteiger partial charge in [-0.05, 0) is 43.5 Å².